The van der Waals surface area contributed by atoms with E-state index in [9.17, 15) is 0 Å². The number of halogens is 1. The number of hydrogen-bond acceptors (Lipinski definition) is 1. The second-order valence-electron chi connectivity index (χ2n) is 2.13. The lowest BCUT2D eigenvalue weighted by Crippen LogP contribution is -1.68. The first kappa shape index (κ1) is 8.69. The molecule has 0 N–H and O–H groups in total. The lowest BCUT2D eigenvalue weighted by molar-refractivity contribution is 1.46. The van der Waals surface area contributed by atoms with Gasteiger partial charge >= 0.3 is 0 Å². The van der Waals surface area contributed by atoms with E-state index in [4.69, 9.17) is 11.6 Å². The first-order chi connectivity index (χ1) is 5.33. The van der Waals surface area contributed by atoms with Gasteiger partial charge in [0.1, 0.15) is 0 Å². The highest BCUT2D eigenvalue weighted by molar-refractivity contribution is 8.03. The highest BCUT2D eigenvalue weighted by atomic mass is 35.5. The Hall–Kier alpha value is -0.400. The summed E-state index contributed by atoms with van der Waals surface area (Å²) in [5.74, 6) is 0. The minimum Gasteiger partial charge on any atom is -0.0939 e. The van der Waals surface area contributed by atoms with E-state index in [-0.39, 0.29) is 0 Å². The molecular weight excluding hydrogens is 176 g/mol. The van der Waals surface area contributed by atoms with Crippen LogP contribution in [0.5, 0.6) is 0 Å². The molecule has 1 aromatic carbocycles. The molecule has 0 spiro atoms. The molecule has 0 heterocycles. The predicted octanol–water partition coefficient (Wildman–Crippen LogP) is 3.88. The highest BCUT2D eigenvalue weighted by Gasteiger charge is 1.91. The minimum absolute atomic E-state index is 1.11. The van der Waals surface area contributed by atoms with Gasteiger partial charge in [-0.25, -0.2) is 0 Å². The summed E-state index contributed by atoms with van der Waals surface area (Å²) in [6.07, 6.45) is 0. The molecule has 0 bridgehead atoms. The maximum atomic E-state index is 5.52. The summed E-state index contributed by atoms with van der Waals surface area (Å²) >= 11 is 7.19. The average Bonchev–Trinajstić information content (AvgIpc) is 2.06. The summed E-state index contributed by atoms with van der Waals surface area (Å²) in [7, 11) is 0. The summed E-state index contributed by atoms with van der Waals surface area (Å²) in [5, 5.41) is 0. The molecule has 0 aliphatic heterocycles. The Balaban J connectivity index is 2.65. The summed E-state index contributed by atoms with van der Waals surface area (Å²) < 4.78 is 0. The SMILES string of the molecule is C/C(=C\Cl)Sc1ccccc1. The molecule has 58 valence electrons. The number of allylic oxidation sites excluding steroid dienone is 1. The van der Waals surface area contributed by atoms with Gasteiger partial charge in [-0.2, -0.15) is 0 Å². The zero-order chi connectivity index (χ0) is 8.10. The molecule has 0 radical (unpaired) electrons. The molecule has 0 atom stereocenters. The summed E-state index contributed by atoms with van der Waals surface area (Å²) in [6, 6.07) is 10.2. The summed E-state index contributed by atoms with van der Waals surface area (Å²) in [6.45, 7) is 1.99. The second-order valence-corrected chi connectivity index (χ2v) is 3.67. The minimum atomic E-state index is 1.11. The van der Waals surface area contributed by atoms with Gasteiger partial charge < -0.3 is 0 Å². The van der Waals surface area contributed by atoms with Crippen molar-refractivity contribution in [2.45, 2.75) is 11.8 Å². The molecule has 0 aliphatic rings. The number of benzene rings is 1. The monoisotopic (exact) mass is 184 g/mol. The fourth-order valence-corrected chi connectivity index (χ4v) is 1.54. The summed E-state index contributed by atoms with van der Waals surface area (Å²) in [5.41, 5.74) is 1.59. The Kier molecular flexibility index (Phi) is 3.53. The zero-order valence-corrected chi connectivity index (χ0v) is 7.82. The van der Waals surface area contributed by atoms with E-state index < -0.39 is 0 Å². The molecule has 0 aliphatic carbocycles. The van der Waals surface area contributed by atoms with Crippen molar-refractivity contribution >= 4 is 23.4 Å². The first-order valence-corrected chi connectivity index (χ1v) is 4.58. The van der Waals surface area contributed by atoms with Crippen molar-refractivity contribution in [2.24, 2.45) is 0 Å². The van der Waals surface area contributed by atoms with Crippen LogP contribution in [-0.2, 0) is 0 Å². The topological polar surface area (TPSA) is 0 Å². The van der Waals surface area contributed by atoms with Crippen molar-refractivity contribution in [3.63, 3.8) is 0 Å². The maximum Gasteiger partial charge on any atom is 0.0138 e. The molecule has 0 nitrogen and oxygen atoms in total. The second kappa shape index (κ2) is 4.47. The van der Waals surface area contributed by atoms with Crippen molar-refractivity contribution in [1.29, 1.82) is 0 Å². The van der Waals surface area contributed by atoms with Crippen LogP contribution in [0.25, 0.3) is 0 Å². The molecule has 11 heavy (non-hydrogen) atoms. The van der Waals surface area contributed by atoms with Crippen molar-refractivity contribution in [3.05, 3.63) is 40.8 Å². The lowest BCUT2D eigenvalue weighted by Gasteiger charge is -1.97. The maximum absolute atomic E-state index is 5.52. The number of thioether (sulfide) groups is 1. The smallest absolute Gasteiger partial charge is 0.0138 e. The van der Waals surface area contributed by atoms with E-state index in [2.05, 4.69) is 12.1 Å². The van der Waals surface area contributed by atoms with Gasteiger partial charge in [-0.1, -0.05) is 41.6 Å². The molecule has 0 fully saturated rings. The van der Waals surface area contributed by atoms with Gasteiger partial charge in [-0.3, -0.25) is 0 Å². The van der Waals surface area contributed by atoms with Crippen LogP contribution in [0.1, 0.15) is 6.92 Å². The van der Waals surface area contributed by atoms with Crippen LogP contribution < -0.4 is 0 Å². The molecule has 0 saturated heterocycles. The molecular formula is C9H9ClS. The van der Waals surface area contributed by atoms with Crippen LogP contribution >= 0.6 is 23.4 Å². The molecule has 1 aromatic rings. The molecule has 2 heteroatoms. The molecule has 1 rings (SSSR count). The average molecular weight is 185 g/mol. The fraction of sp³-hybridized carbons (Fsp3) is 0.111. The Morgan fingerprint density at radius 3 is 2.55 bits per heavy atom. The van der Waals surface area contributed by atoms with Gasteiger partial charge in [0.2, 0.25) is 0 Å². The number of rotatable bonds is 2. The fourth-order valence-electron chi connectivity index (χ4n) is 0.697. The van der Waals surface area contributed by atoms with Crippen molar-refractivity contribution < 1.29 is 0 Å². The standard InChI is InChI=1S/C9H9ClS/c1-8(7-10)11-9-5-3-2-4-6-9/h2-7H,1H3/b8-7+. The van der Waals surface area contributed by atoms with Gasteiger partial charge in [0.05, 0.1) is 0 Å². The van der Waals surface area contributed by atoms with Gasteiger partial charge in [-0.15, -0.1) is 0 Å². The van der Waals surface area contributed by atoms with Crippen LogP contribution in [0.4, 0.5) is 0 Å². The predicted molar refractivity (Wildman–Crippen MR) is 51.9 cm³/mol. The normalized spacial score (nSPS) is 11.6. The number of hydrogen-bond donors (Lipinski definition) is 0. The van der Waals surface area contributed by atoms with Crippen LogP contribution in [0.15, 0.2) is 45.7 Å². The zero-order valence-electron chi connectivity index (χ0n) is 6.25. The van der Waals surface area contributed by atoms with E-state index in [0.717, 1.165) is 4.91 Å². The van der Waals surface area contributed by atoms with Gasteiger partial charge in [-0.05, 0) is 24.0 Å². The van der Waals surface area contributed by atoms with Crippen molar-refractivity contribution in [1.82, 2.24) is 0 Å². The first-order valence-electron chi connectivity index (χ1n) is 3.33. The molecule has 0 amide bonds. The van der Waals surface area contributed by atoms with E-state index in [1.165, 1.54) is 4.90 Å². The Bertz CT molecular complexity index is 241. The molecule has 0 saturated carbocycles. The van der Waals surface area contributed by atoms with Gasteiger partial charge in [0, 0.05) is 10.4 Å². The molecule has 0 aromatic heterocycles. The van der Waals surface area contributed by atoms with E-state index in [0.29, 0.717) is 0 Å². The van der Waals surface area contributed by atoms with Crippen molar-refractivity contribution in [2.75, 3.05) is 0 Å². The van der Waals surface area contributed by atoms with Crippen LogP contribution in [-0.4, -0.2) is 0 Å². The molecule has 0 unspecified atom stereocenters. The largest absolute Gasteiger partial charge is 0.0939 e. The summed E-state index contributed by atoms with van der Waals surface area (Å²) in [4.78, 5) is 2.33. The van der Waals surface area contributed by atoms with Crippen LogP contribution in [0.3, 0.4) is 0 Å². The third kappa shape index (κ3) is 3.00. The van der Waals surface area contributed by atoms with E-state index >= 15 is 0 Å². The van der Waals surface area contributed by atoms with Crippen LogP contribution in [0, 0.1) is 0 Å². The Morgan fingerprint density at radius 2 is 2.00 bits per heavy atom. The third-order valence-corrected chi connectivity index (χ3v) is 2.58. The Morgan fingerprint density at radius 1 is 1.36 bits per heavy atom. The van der Waals surface area contributed by atoms with Crippen molar-refractivity contribution in [3.8, 4) is 0 Å². The quantitative estimate of drug-likeness (QED) is 0.629. The van der Waals surface area contributed by atoms with Gasteiger partial charge in [0.25, 0.3) is 0 Å². The van der Waals surface area contributed by atoms with E-state index in [1.54, 1.807) is 17.3 Å². The van der Waals surface area contributed by atoms with Gasteiger partial charge in [0.15, 0.2) is 0 Å². The van der Waals surface area contributed by atoms with Crippen LogP contribution in [0.2, 0.25) is 0 Å². The Labute approximate surface area is 76.3 Å². The highest BCUT2D eigenvalue weighted by Crippen LogP contribution is 2.25. The van der Waals surface area contributed by atoms with E-state index in [1.807, 2.05) is 25.1 Å². The lowest BCUT2D eigenvalue weighted by atomic mass is 10.4. The third-order valence-electron chi connectivity index (χ3n) is 1.18.